The molecule has 6 heteroatoms. The van der Waals surface area contributed by atoms with Gasteiger partial charge < -0.3 is 14.4 Å². The van der Waals surface area contributed by atoms with Crippen molar-refractivity contribution in [2.24, 2.45) is 0 Å². The number of hydrogen-bond donors (Lipinski definition) is 0. The maximum absolute atomic E-state index is 13.0. The Labute approximate surface area is 171 Å². The van der Waals surface area contributed by atoms with Gasteiger partial charge in [-0.15, -0.1) is 0 Å². The van der Waals surface area contributed by atoms with Gasteiger partial charge in [-0.2, -0.15) is 0 Å². The Bertz CT molecular complexity index is 958. The van der Waals surface area contributed by atoms with Crippen LogP contribution in [0.3, 0.4) is 0 Å². The molecule has 150 valence electrons. The van der Waals surface area contributed by atoms with Crippen molar-refractivity contribution in [2.75, 3.05) is 32.1 Å². The lowest BCUT2D eigenvalue weighted by Gasteiger charge is -2.32. The summed E-state index contributed by atoms with van der Waals surface area (Å²) >= 11 is 0. The van der Waals surface area contributed by atoms with Gasteiger partial charge in [0.05, 0.1) is 6.54 Å². The average Bonchev–Trinajstić information content (AvgIpc) is 3.22. The zero-order valence-electron chi connectivity index (χ0n) is 17.0. The largest absolute Gasteiger partial charge is 0.378 e. The summed E-state index contributed by atoms with van der Waals surface area (Å²) in [5, 5.41) is 0. The topological polar surface area (TPSA) is 54.3 Å². The van der Waals surface area contributed by atoms with E-state index in [1.165, 1.54) is 5.56 Å². The molecule has 1 aromatic carbocycles. The number of benzene rings is 1. The number of amides is 1. The Morgan fingerprint density at radius 3 is 2.69 bits per heavy atom. The van der Waals surface area contributed by atoms with E-state index in [-0.39, 0.29) is 5.91 Å². The van der Waals surface area contributed by atoms with Crippen LogP contribution in [0.1, 0.15) is 40.5 Å². The molecule has 1 aliphatic rings. The molecule has 1 aliphatic heterocycles. The Kier molecular flexibility index (Phi) is 5.60. The van der Waals surface area contributed by atoms with Gasteiger partial charge in [-0.1, -0.05) is 12.1 Å². The van der Waals surface area contributed by atoms with E-state index < -0.39 is 0 Å². The van der Waals surface area contributed by atoms with Crippen LogP contribution in [0.5, 0.6) is 0 Å². The number of anilines is 1. The van der Waals surface area contributed by atoms with Gasteiger partial charge in [0, 0.05) is 69.1 Å². The van der Waals surface area contributed by atoms with E-state index in [2.05, 4.69) is 20.6 Å². The number of imidazole rings is 1. The number of rotatable bonds is 5. The lowest BCUT2D eigenvalue weighted by atomic mass is 9.95. The Morgan fingerprint density at radius 2 is 1.97 bits per heavy atom. The van der Waals surface area contributed by atoms with Crippen LogP contribution in [0, 0.1) is 0 Å². The molecule has 4 rings (SSSR count). The predicted molar refractivity (Wildman–Crippen MR) is 114 cm³/mol. The monoisotopic (exact) mass is 389 g/mol. The third-order valence-corrected chi connectivity index (χ3v) is 5.58. The quantitative estimate of drug-likeness (QED) is 0.671. The van der Waals surface area contributed by atoms with E-state index in [1.54, 1.807) is 6.20 Å². The first kappa shape index (κ1) is 19.2. The maximum Gasteiger partial charge on any atom is 0.253 e. The van der Waals surface area contributed by atoms with Crippen LogP contribution in [0.4, 0.5) is 5.69 Å². The molecule has 0 aliphatic carbocycles. The van der Waals surface area contributed by atoms with Gasteiger partial charge in [-0.05, 0) is 42.7 Å². The first-order valence-corrected chi connectivity index (χ1v) is 10.1. The number of aromatic nitrogens is 3. The first-order chi connectivity index (χ1) is 14.1. The smallest absolute Gasteiger partial charge is 0.253 e. The van der Waals surface area contributed by atoms with Crippen molar-refractivity contribution in [3.8, 4) is 0 Å². The molecular formula is C23H27N5O. The molecule has 1 saturated heterocycles. The molecule has 0 bridgehead atoms. The minimum atomic E-state index is 0.117. The van der Waals surface area contributed by atoms with Crippen LogP contribution in [0.25, 0.3) is 0 Å². The molecule has 2 aromatic heterocycles. The minimum absolute atomic E-state index is 0.117. The second kappa shape index (κ2) is 8.47. The number of pyridine rings is 1. The molecule has 0 unspecified atom stereocenters. The molecule has 1 amide bonds. The van der Waals surface area contributed by atoms with E-state index in [0.29, 0.717) is 5.92 Å². The molecule has 6 nitrogen and oxygen atoms in total. The summed E-state index contributed by atoms with van der Waals surface area (Å²) in [5.41, 5.74) is 2.97. The second-order valence-electron chi connectivity index (χ2n) is 7.79. The summed E-state index contributed by atoms with van der Waals surface area (Å²) in [5.74, 6) is 1.60. The van der Waals surface area contributed by atoms with Gasteiger partial charge >= 0.3 is 0 Å². The van der Waals surface area contributed by atoms with Crippen LogP contribution in [-0.2, 0) is 6.54 Å². The Hall–Kier alpha value is -3.15. The van der Waals surface area contributed by atoms with Gasteiger partial charge in [-0.25, -0.2) is 4.98 Å². The minimum Gasteiger partial charge on any atom is -0.378 e. The molecule has 29 heavy (non-hydrogen) atoms. The number of likely N-dealkylation sites (tertiary alicyclic amines) is 1. The van der Waals surface area contributed by atoms with Crippen LogP contribution < -0.4 is 4.90 Å². The Balaban J connectivity index is 1.41. The highest BCUT2D eigenvalue weighted by Gasteiger charge is 2.27. The summed E-state index contributed by atoms with van der Waals surface area (Å²) in [6.07, 6.45) is 9.46. The highest BCUT2D eigenvalue weighted by Crippen LogP contribution is 2.28. The average molecular weight is 390 g/mol. The first-order valence-electron chi connectivity index (χ1n) is 10.1. The number of carbonyl (C=O) groups excluding carboxylic acids is 1. The molecule has 0 spiro atoms. The van der Waals surface area contributed by atoms with Crippen LogP contribution >= 0.6 is 0 Å². The van der Waals surface area contributed by atoms with Crippen molar-refractivity contribution in [3.05, 3.63) is 78.1 Å². The lowest BCUT2D eigenvalue weighted by Crippen LogP contribution is -2.38. The van der Waals surface area contributed by atoms with Crippen LogP contribution in [0.2, 0.25) is 0 Å². The van der Waals surface area contributed by atoms with Crippen LogP contribution in [-0.4, -0.2) is 52.5 Å². The van der Waals surface area contributed by atoms with Gasteiger partial charge in [-0.3, -0.25) is 9.78 Å². The summed E-state index contributed by atoms with van der Waals surface area (Å²) in [4.78, 5) is 25.8. The van der Waals surface area contributed by atoms with Crippen molar-refractivity contribution in [1.82, 2.24) is 19.4 Å². The third-order valence-electron chi connectivity index (χ3n) is 5.58. The molecule has 0 N–H and O–H groups in total. The molecule has 0 radical (unpaired) electrons. The van der Waals surface area contributed by atoms with Gasteiger partial charge in [0.1, 0.15) is 5.82 Å². The molecule has 0 atom stereocenters. The number of hydrogen-bond acceptors (Lipinski definition) is 4. The van der Waals surface area contributed by atoms with Crippen molar-refractivity contribution >= 4 is 11.6 Å². The van der Waals surface area contributed by atoms with E-state index in [9.17, 15) is 4.79 Å². The predicted octanol–water partition coefficient (Wildman–Crippen LogP) is 3.41. The van der Waals surface area contributed by atoms with E-state index in [1.807, 2.05) is 72.8 Å². The van der Waals surface area contributed by atoms with Gasteiger partial charge in [0.25, 0.3) is 5.91 Å². The zero-order chi connectivity index (χ0) is 20.2. The van der Waals surface area contributed by atoms with Gasteiger partial charge in [0.2, 0.25) is 0 Å². The summed E-state index contributed by atoms with van der Waals surface area (Å²) in [6.45, 7) is 2.30. The standard InChI is InChI=1S/C23H27N5O/c1-26(2)21-7-3-6-20(15-21)23(29)27-12-8-19(9-13-27)22-25-11-14-28(22)17-18-5-4-10-24-16-18/h3-7,10-11,14-16,19H,8-9,12-13,17H2,1-2H3. The van der Waals surface area contributed by atoms with E-state index >= 15 is 0 Å². The fourth-order valence-electron chi connectivity index (χ4n) is 3.94. The normalized spacial score (nSPS) is 14.8. The SMILES string of the molecule is CN(C)c1cccc(C(=O)N2CCC(c3nccn3Cc3cccnc3)CC2)c1. The molecular weight excluding hydrogens is 362 g/mol. The highest BCUT2D eigenvalue weighted by atomic mass is 16.2. The van der Waals surface area contributed by atoms with Crippen molar-refractivity contribution in [1.29, 1.82) is 0 Å². The van der Waals surface area contributed by atoms with Crippen molar-refractivity contribution in [2.45, 2.75) is 25.3 Å². The lowest BCUT2D eigenvalue weighted by molar-refractivity contribution is 0.0710. The summed E-state index contributed by atoms with van der Waals surface area (Å²) < 4.78 is 2.21. The zero-order valence-corrected chi connectivity index (χ0v) is 17.0. The maximum atomic E-state index is 13.0. The Morgan fingerprint density at radius 1 is 1.14 bits per heavy atom. The van der Waals surface area contributed by atoms with E-state index in [0.717, 1.165) is 49.6 Å². The van der Waals surface area contributed by atoms with Crippen LogP contribution in [0.15, 0.2) is 61.2 Å². The fraction of sp³-hybridized carbons (Fsp3) is 0.348. The molecule has 0 saturated carbocycles. The molecule has 1 fully saturated rings. The number of carbonyl (C=O) groups is 1. The number of nitrogens with zero attached hydrogens (tertiary/aromatic N) is 5. The second-order valence-corrected chi connectivity index (χ2v) is 7.79. The molecule has 3 aromatic rings. The summed E-state index contributed by atoms with van der Waals surface area (Å²) in [6, 6.07) is 11.9. The van der Waals surface area contributed by atoms with Crippen molar-refractivity contribution in [3.63, 3.8) is 0 Å². The highest BCUT2D eigenvalue weighted by molar-refractivity contribution is 5.95. The summed E-state index contributed by atoms with van der Waals surface area (Å²) in [7, 11) is 3.98. The fourth-order valence-corrected chi connectivity index (χ4v) is 3.94. The molecule has 3 heterocycles. The van der Waals surface area contributed by atoms with Gasteiger partial charge in [0.15, 0.2) is 0 Å². The number of piperidine rings is 1. The van der Waals surface area contributed by atoms with Crippen molar-refractivity contribution < 1.29 is 4.79 Å². The van der Waals surface area contributed by atoms with E-state index in [4.69, 9.17) is 0 Å². The third kappa shape index (κ3) is 4.31.